The Morgan fingerprint density at radius 2 is 1.71 bits per heavy atom. The summed E-state index contributed by atoms with van der Waals surface area (Å²) in [4.78, 5) is 40.2. The molecule has 1 aromatic heterocycles. The van der Waals surface area contributed by atoms with Crippen LogP contribution in [0.2, 0.25) is 0 Å². The fraction of sp³-hybridized carbons (Fsp3) is 0.100. The maximum atomic E-state index is 13.6. The third kappa shape index (κ3) is 4.22. The number of amides is 1. The smallest absolute Gasteiger partial charge is 0.244 e. The molecule has 38 heavy (non-hydrogen) atoms. The molecular formula is C30H22N2O6. The minimum Gasteiger partial charge on any atom is -0.497 e. The molecule has 0 bridgehead atoms. The van der Waals surface area contributed by atoms with Gasteiger partial charge in [0.15, 0.2) is 17.3 Å². The average molecular weight is 507 g/mol. The van der Waals surface area contributed by atoms with E-state index in [4.69, 9.17) is 14.2 Å². The van der Waals surface area contributed by atoms with Crippen molar-refractivity contribution in [2.75, 3.05) is 19.2 Å². The first-order valence-electron chi connectivity index (χ1n) is 11.9. The predicted octanol–water partition coefficient (Wildman–Crippen LogP) is 4.76. The highest BCUT2D eigenvalue weighted by molar-refractivity contribution is 6.11. The van der Waals surface area contributed by atoms with Gasteiger partial charge >= 0.3 is 0 Å². The summed E-state index contributed by atoms with van der Waals surface area (Å²) in [6.45, 7) is -0.120. The van der Waals surface area contributed by atoms with Crippen LogP contribution >= 0.6 is 0 Å². The molecule has 1 N–H and O–H groups in total. The van der Waals surface area contributed by atoms with E-state index in [1.54, 1.807) is 60.2 Å². The van der Waals surface area contributed by atoms with Crippen LogP contribution in [0.15, 0.2) is 89.9 Å². The molecule has 5 aromatic rings. The highest BCUT2D eigenvalue weighted by atomic mass is 16.7. The summed E-state index contributed by atoms with van der Waals surface area (Å²) in [7, 11) is 1.55. The average Bonchev–Trinajstić information content (AvgIpc) is 3.41. The molecule has 6 rings (SSSR count). The molecule has 4 aromatic carbocycles. The van der Waals surface area contributed by atoms with Gasteiger partial charge in [-0.1, -0.05) is 42.5 Å². The zero-order chi connectivity index (χ0) is 26.2. The Hall–Kier alpha value is -5.11. The van der Waals surface area contributed by atoms with Gasteiger partial charge in [-0.2, -0.15) is 0 Å². The van der Waals surface area contributed by atoms with Gasteiger partial charge in [-0.15, -0.1) is 0 Å². The lowest BCUT2D eigenvalue weighted by atomic mass is 9.99. The number of carbonyl (C=O) groups is 2. The summed E-state index contributed by atoms with van der Waals surface area (Å²) >= 11 is 0. The van der Waals surface area contributed by atoms with Crippen molar-refractivity contribution in [1.82, 2.24) is 4.57 Å². The van der Waals surface area contributed by atoms with Gasteiger partial charge in [0.2, 0.25) is 18.1 Å². The number of pyridine rings is 1. The molecule has 8 heteroatoms. The number of benzene rings is 4. The fourth-order valence-corrected chi connectivity index (χ4v) is 4.61. The van der Waals surface area contributed by atoms with Gasteiger partial charge in [-0.3, -0.25) is 14.4 Å². The van der Waals surface area contributed by atoms with Crippen LogP contribution in [0.1, 0.15) is 15.9 Å². The van der Waals surface area contributed by atoms with E-state index in [1.165, 1.54) is 6.20 Å². The molecule has 0 unspecified atom stereocenters. The number of carbonyl (C=O) groups excluding carboxylic acids is 2. The SMILES string of the molecule is COc1cccc(NC(=O)Cn2cc(C(=O)c3ccc4ccccc4c3)c(=O)c3cc4c(cc32)OCO4)c1. The van der Waals surface area contributed by atoms with Gasteiger partial charge < -0.3 is 24.1 Å². The lowest BCUT2D eigenvalue weighted by Crippen LogP contribution is -2.24. The van der Waals surface area contributed by atoms with Gasteiger partial charge in [0.05, 0.1) is 23.6 Å². The molecule has 2 heterocycles. The van der Waals surface area contributed by atoms with E-state index in [0.29, 0.717) is 34.0 Å². The Bertz CT molecular complexity index is 1810. The van der Waals surface area contributed by atoms with Crippen LogP contribution in [-0.4, -0.2) is 30.2 Å². The van der Waals surface area contributed by atoms with Crippen molar-refractivity contribution in [3.05, 3.63) is 106 Å². The second kappa shape index (κ2) is 9.40. The third-order valence-corrected chi connectivity index (χ3v) is 6.50. The molecule has 0 saturated heterocycles. The largest absolute Gasteiger partial charge is 0.497 e. The van der Waals surface area contributed by atoms with E-state index < -0.39 is 11.2 Å². The van der Waals surface area contributed by atoms with Crippen LogP contribution in [0, 0.1) is 0 Å². The number of ether oxygens (including phenoxy) is 3. The normalized spacial score (nSPS) is 12.0. The highest BCUT2D eigenvalue weighted by Crippen LogP contribution is 2.35. The van der Waals surface area contributed by atoms with Crippen molar-refractivity contribution < 1.29 is 23.8 Å². The molecule has 1 aliphatic rings. The summed E-state index contributed by atoms with van der Waals surface area (Å²) in [5.41, 5.74) is 0.912. The Labute approximate surface area is 217 Å². The van der Waals surface area contributed by atoms with Crippen LogP contribution in [0.25, 0.3) is 21.7 Å². The van der Waals surface area contributed by atoms with Crippen LogP contribution in [0.3, 0.4) is 0 Å². The monoisotopic (exact) mass is 506 g/mol. The zero-order valence-electron chi connectivity index (χ0n) is 20.4. The highest BCUT2D eigenvalue weighted by Gasteiger charge is 2.22. The lowest BCUT2D eigenvalue weighted by molar-refractivity contribution is -0.116. The molecular weight excluding hydrogens is 484 g/mol. The van der Waals surface area contributed by atoms with Gasteiger partial charge in [0.1, 0.15) is 12.3 Å². The molecule has 188 valence electrons. The number of nitrogens with zero attached hydrogens (tertiary/aromatic N) is 1. The van der Waals surface area contributed by atoms with Crippen molar-refractivity contribution >= 4 is 39.1 Å². The Kier molecular flexibility index (Phi) is 5.76. The second-order valence-electron chi connectivity index (χ2n) is 8.89. The number of hydrogen-bond acceptors (Lipinski definition) is 6. The van der Waals surface area contributed by atoms with Crippen molar-refractivity contribution in [3.63, 3.8) is 0 Å². The Morgan fingerprint density at radius 1 is 0.921 bits per heavy atom. The maximum Gasteiger partial charge on any atom is 0.244 e. The molecule has 0 saturated carbocycles. The minimum atomic E-state index is -0.444. The summed E-state index contributed by atoms with van der Waals surface area (Å²) in [5.74, 6) is 0.713. The maximum absolute atomic E-state index is 13.6. The number of nitrogens with one attached hydrogen (secondary N) is 1. The molecule has 1 aliphatic heterocycles. The molecule has 0 fully saturated rings. The number of rotatable bonds is 6. The first kappa shape index (κ1) is 23.3. The van der Waals surface area contributed by atoms with Crippen LogP contribution < -0.4 is 25.0 Å². The molecule has 1 amide bonds. The van der Waals surface area contributed by atoms with E-state index in [9.17, 15) is 14.4 Å². The van der Waals surface area contributed by atoms with E-state index in [0.717, 1.165) is 10.8 Å². The van der Waals surface area contributed by atoms with Crippen molar-refractivity contribution in [2.45, 2.75) is 6.54 Å². The first-order valence-corrected chi connectivity index (χ1v) is 11.9. The van der Waals surface area contributed by atoms with E-state index in [2.05, 4.69) is 5.32 Å². The summed E-state index contributed by atoms with van der Waals surface area (Å²) in [6.07, 6.45) is 1.44. The molecule has 8 nitrogen and oxygen atoms in total. The summed E-state index contributed by atoms with van der Waals surface area (Å²) in [5, 5.41) is 4.98. The van der Waals surface area contributed by atoms with Gasteiger partial charge in [-0.05, 0) is 35.0 Å². The number of anilines is 1. The van der Waals surface area contributed by atoms with Gasteiger partial charge in [0, 0.05) is 29.6 Å². The third-order valence-electron chi connectivity index (χ3n) is 6.50. The Morgan fingerprint density at radius 3 is 2.53 bits per heavy atom. The molecule has 0 atom stereocenters. The topological polar surface area (TPSA) is 95.9 Å². The number of hydrogen-bond donors (Lipinski definition) is 1. The molecule has 0 radical (unpaired) electrons. The lowest BCUT2D eigenvalue weighted by Gasteiger charge is -2.14. The zero-order valence-corrected chi connectivity index (χ0v) is 20.4. The van der Waals surface area contributed by atoms with Crippen LogP contribution in [0.5, 0.6) is 17.2 Å². The number of aromatic nitrogens is 1. The summed E-state index contributed by atoms with van der Waals surface area (Å²) in [6, 6.07) is 23.2. The van der Waals surface area contributed by atoms with Gasteiger partial charge in [0.25, 0.3) is 0 Å². The van der Waals surface area contributed by atoms with Crippen molar-refractivity contribution in [2.24, 2.45) is 0 Å². The first-order chi connectivity index (χ1) is 18.5. The molecule has 0 spiro atoms. The second-order valence-corrected chi connectivity index (χ2v) is 8.89. The van der Waals surface area contributed by atoms with Crippen molar-refractivity contribution in [1.29, 1.82) is 0 Å². The number of fused-ring (bicyclic) bond motifs is 3. The van der Waals surface area contributed by atoms with Crippen molar-refractivity contribution in [3.8, 4) is 17.2 Å². The number of ketones is 1. The minimum absolute atomic E-state index is 0.0268. The van der Waals surface area contributed by atoms with E-state index in [-0.39, 0.29) is 30.2 Å². The Balaban J connectivity index is 1.43. The van der Waals surface area contributed by atoms with Crippen LogP contribution in [-0.2, 0) is 11.3 Å². The van der Waals surface area contributed by atoms with E-state index >= 15 is 0 Å². The molecule has 0 aliphatic carbocycles. The number of methoxy groups -OCH3 is 1. The van der Waals surface area contributed by atoms with E-state index in [1.807, 2.05) is 30.3 Å². The van der Waals surface area contributed by atoms with Crippen LogP contribution in [0.4, 0.5) is 5.69 Å². The summed E-state index contributed by atoms with van der Waals surface area (Å²) < 4.78 is 17.8. The standard InChI is InChI=1S/C30H22N2O6/c1-36-22-8-4-7-21(12-22)31-28(33)16-32-15-24(29(34)20-10-9-18-5-2-3-6-19(18)11-20)30(35)23-13-26-27(14-25(23)32)38-17-37-26/h2-15H,16-17H2,1H3,(H,31,33). The fourth-order valence-electron chi connectivity index (χ4n) is 4.61. The van der Waals surface area contributed by atoms with Gasteiger partial charge in [-0.25, -0.2) is 0 Å². The quantitative estimate of drug-likeness (QED) is 0.334. The predicted molar refractivity (Wildman–Crippen MR) is 143 cm³/mol.